The number of rotatable bonds is 6. The summed E-state index contributed by atoms with van der Waals surface area (Å²) >= 11 is 0. The van der Waals surface area contributed by atoms with Crippen LogP contribution in [0.3, 0.4) is 0 Å². The average Bonchev–Trinajstić information content (AvgIpc) is 2.81. The van der Waals surface area contributed by atoms with E-state index in [0.29, 0.717) is 0 Å². The molecule has 1 aliphatic heterocycles. The molecule has 4 rings (SSSR count). The van der Waals surface area contributed by atoms with Gasteiger partial charge in [-0.1, -0.05) is 48.5 Å². The van der Waals surface area contributed by atoms with Crippen LogP contribution in [0.25, 0.3) is 11.3 Å². The molecular weight excluding hydrogens is 358 g/mol. The predicted octanol–water partition coefficient (Wildman–Crippen LogP) is 4.32. The largest absolute Gasteiger partial charge is 0.368 e. The van der Waals surface area contributed by atoms with Crippen LogP contribution in [0.2, 0.25) is 0 Å². The first kappa shape index (κ1) is 19.2. The van der Waals surface area contributed by atoms with E-state index < -0.39 is 0 Å². The molecule has 1 aromatic heterocycles. The molecule has 0 saturated carbocycles. The Morgan fingerprint density at radius 1 is 0.759 bits per heavy atom. The van der Waals surface area contributed by atoms with Gasteiger partial charge in [-0.05, 0) is 26.0 Å². The molecule has 29 heavy (non-hydrogen) atoms. The van der Waals surface area contributed by atoms with Crippen molar-refractivity contribution in [1.82, 2.24) is 9.97 Å². The summed E-state index contributed by atoms with van der Waals surface area (Å²) in [6.07, 6.45) is 0. The SMILES string of the molecule is CCN(CC)c1cc(-c2ccccc2)nc(N2CCN(c3ccccc3)CC2)n1. The van der Waals surface area contributed by atoms with Crippen molar-refractivity contribution in [1.29, 1.82) is 0 Å². The molecule has 1 saturated heterocycles. The summed E-state index contributed by atoms with van der Waals surface area (Å²) in [5.41, 5.74) is 3.41. The second-order valence-corrected chi connectivity index (χ2v) is 7.26. The molecular formula is C24H29N5. The molecule has 0 radical (unpaired) electrons. The summed E-state index contributed by atoms with van der Waals surface area (Å²) in [5, 5.41) is 0. The number of hydrogen-bond acceptors (Lipinski definition) is 5. The maximum atomic E-state index is 4.95. The van der Waals surface area contributed by atoms with Crippen LogP contribution >= 0.6 is 0 Å². The van der Waals surface area contributed by atoms with Crippen LogP contribution in [0.5, 0.6) is 0 Å². The van der Waals surface area contributed by atoms with Crippen molar-refractivity contribution < 1.29 is 0 Å². The predicted molar refractivity (Wildman–Crippen MR) is 122 cm³/mol. The minimum Gasteiger partial charge on any atom is -0.368 e. The van der Waals surface area contributed by atoms with Crippen LogP contribution < -0.4 is 14.7 Å². The van der Waals surface area contributed by atoms with E-state index in [9.17, 15) is 0 Å². The Morgan fingerprint density at radius 3 is 1.97 bits per heavy atom. The van der Waals surface area contributed by atoms with E-state index in [2.05, 4.69) is 89.2 Å². The number of hydrogen-bond donors (Lipinski definition) is 0. The van der Waals surface area contributed by atoms with Gasteiger partial charge in [-0.25, -0.2) is 4.98 Å². The second kappa shape index (κ2) is 8.95. The Kier molecular flexibility index (Phi) is 5.94. The quantitative estimate of drug-likeness (QED) is 0.630. The van der Waals surface area contributed by atoms with Gasteiger partial charge in [0.2, 0.25) is 5.95 Å². The third-order valence-corrected chi connectivity index (χ3v) is 5.54. The van der Waals surface area contributed by atoms with E-state index in [-0.39, 0.29) is 0 Å². The smallest absolute Gasteiger partial charge is 0.228 e. The standard InChI is InChI=1S/C24H29N5/c1-3-27(4-2)23-19-22(20-11-7-5-8-12-20)25-24(26-23)29-17-15-28(16-18-29)21-13-9-6-10-14-21/h5-14,19H,3-4,15-18H2,1-2H3. The minimum atomic E-state index is 0.834. The Hall–Kier alpha value is -3.08. The van der Waals surface area contributed by atoms with Crippen molar-refractivity contribution in [2.75, 3.05) is 54.0 Å². The van der Waals surface area contributed by atoms with Gasteiger partial charge in [0.25, 0.3) is 0 Å². The summed E-state index contributed by atoms with van der Waals surface area (Å²) in [6, 6.07) is 23.1. The van der Waals surface area contributed by atoms with Crippen molar-refractivity contribution in [2.24, 2.45) is 0 Å². The molecule has 150 valence electrons. The third kappa shape index (κ3) is 4.34. The average molecular weight is 388 g/mol. The molecule has 1 aliphatic rings. The first-order chi connectivity index (χ1) is 14.3. The zero-order valence-electron chi connectivity index (χ0n) is 17.3. The first-order valence-corrected chi connectivity index (χ1v) is 10.5. The fourth-order valence-corrected chi connectivity index (χ4v) is 3.83. The molecule has 0 N–H and O–H groups in total. The van der Waals surface area contributed by atoms with Gasteiger partial charge in [0.15, 0.2) is 0 Å². The maximum absolute atomic E-state index is 4.95. The molecule has 2 heterocycles. The van der Waals surface area contributed by atoms with Gasteiger partial charge in [0.1, 0.15) is 5.82 Å². The van der Waals surface area contributed by atoms with Gasteiger partial charge >= 0.3 is 0 Å². The van der Waals surface area contributed by atoms with E-state index in [1.54, 1.807) is 0 Å². The highest BCUT2D eigenvalue weighted by molar-refractivity contribution is 5.65. The van der Waals surface area contributed by atoms with E-state index in [1.165, 1.54) is 5.69 Å². The van der Waals surface area contributed by atoms with Crippen LogP contribution in [-0.2, 0) is 0 Å². The highest BCUT2D eigenvalue weighted by atomic mass is 15.3. The molecule has 2 aromatic carbocycles. The molecule has 0 unspecified atom stereocenters. The lowest BCUT2D eigenvalue weighted by atomic mass is 10.1. The summed E-state index contributed by atoms with van der Waals surface area (Å²) in [6.45, 7) is 10.0. The Bertz CT molecular complexity index is 901. The normalized spacial score (nSPS) is 14.1. The number of piperazine rings is 1. The van der Waals surface area contributed by atoms with Gasteiger partial charge in [-0.15, -0.1) is 0 Å². The van der Waals surface area contributed by atoms with Crippen LogP contribution in [0.15, 0.2) is 66.7 Å². The zero-order valence-corrected chi connectivity index (χ0v) is 17.3. The van der Waals surface area contributed by atoms with Gasteiger partial charge < -0.3 is 14.7 Å². The number of para-hydroxylation sites is 1. The van der Waals surface area contributed by atoms with E-state index >= 15 is 0 Å². The number of anilines is 3. The molecule has 0 aliphatic carbocycles. The topological polar surface area (TPSA) is 35.5 Å². The zero-order chi connectivity index (χ0) is 20.1. The fourth-order valence-electron chi connectivity index (χ4n) is 3.83. The molecule has 0 amide bonds. The van der Waals surface area contributed by atoms with Crippen LogP contribution in [0.1, 0.15) is 13.8 Å². The Morgan fingerprint density at radius 2 is 1.34 bits per heavy atom. The molecule has 5 nitrogen and oxygen atoms in total. The van der Waals surface area contributed by atoms with Crippen molar-refractivity contribution >= 4 is 17.5 Å². The van der Waals surface area contributed by atoms with E-state index in [4.69, 9.17) is 9.97 Å². The fraction of sp³-hybridized carbons (Fsp3) is 0.333. The van der Waals surface area contributed by atoms with Gasteiger partial charge in [-0.2, -0.15) is 4.98 Å². The van der Waals surface area contributed by atoms with E-state index in [0.717, 1.165) is 62.3 Å². The third-order valence-electron chi connectivity index (χ3n) is 5.54. The second-order valence-electron chi connectivity index (χ2n) is 7.26. The lowest BCUT2D eigenvalue weighted by Gasteiger charge is -2.36. The number of benzene rings is 2. The van der Waals surface area contributed by atoms with Crippen molar-refractivity contribution in [3.05, 3.63) is 66.7 Å². The Labute approximate surface area is 173 Å². The minimum absolute atomic E-state index is 0.834. The lowest BCUT2D eigenvalue weighted by molar-refractivity contribution is 0.639. The number of nitrogens with zero attached hydrogens (tertiary/aromatic N) is 5. The molecule has 0 bridgehead atoms. The van der Waals surface area contributed by atoms with Gasteiger partial charge in [0, 0.05) is 56.6 Å². The summed E-state index contributed by atoms with van der Waals surface area (Å²) in [5.74, 6) is 1.84. The van der Waals surface area contributed by atoms with Gasteiger partial charge in [-0.3, -0.25) is 0 Å². The summed E-state index contributed by atoms with van der Waals surface area (Å²) in [7, 11) is 0. The monoisotopic (exact) mass is 387 g/mol. The van der Waals surface area contributed by atoms with Crippen molar-refractivity contribution in [3.63, 3.8) is 0 Å². The van der Waals surface area contributed by atoms with Crippen LogP contribution in [0.4, 0.5) is 17.5 Å². The molecule has 0 atom stereocenters. The first-order valence-electron chi connectivity index (χ1n) is 10.5. The van der Waals surface area contributed by atoms with Gasteiger partial charge in [0.05, 0.1) is 5.69 Å². The summed E-state index contributed by atoms with van der Waals surface area (Å²) in [4.78, 5) is 16.9. The lowest BCUT2D eigenvalue weighted by Crippen LogP contribution is -2.47. The van der Waals surface area contributed by atoms with Crippen LogP contribution in [0, 0.1) is 0 Å². The molecule has 0 spiro atoms. The van der Waals surface area contributed by atoms with Crippen LogP contribution in [-0.4, -0.2) is 49.2 Å². The highest BCUT2D eigenvalue weighted by Gasteiger charge is 2.21. The molecule has 1 fully saturated rings. The highest BCUT2D eigenvalue weighted by Crippen LogP contribution is 2.26. The Balaban J connectivity index is 1.60. The molecule has 3 aromatic rings. The van der Waals surface area contributed by atoms with Crippen molar-refractivity contribution in [2.45, 2.75) is 13.8 Å². The summed E-state index contributed by atoms with van der Waals surface area (Å²) < 4.78 is 0. The molecule has 5 heteroatoms. The maximum Gasteiger partial charge on any atom is 0.228 e. The van der Waals surface area contributed by atoms with E-state index in [1.807, 2.05) is 6.07 Å². The van der Waals surface area contributed by atoms with Crippen molar-refractivity contribution in [3.8, 4) is 11.3 Å². The number of aromatic nitrogens is 2.